The topological polar surface area (TPSA) is 65.6 Å². The standard InChI is InChI=1S/C16H23N3O3/c1-18(2)15(20)13-7-12-9-19(6-4-14(12)22-10-13)16(21)11-3-5-17-8-11/h3,5,8,12-14,17H,4,6-7,9-10H2,1-2H3/t12-,13-,14+/m0/s1. The molecule has 0 bridgehead atoms. The van der Waals surface area contributed by atoms with Gasteiger partial charge in [0.15, 0.2) is 0 Å². The van der Waals surface area contributed by atoms with Crippen LogP contribution in [0, 0.1) is 11.8 Å². The zero-order valence-electron chi connectivity index (χ0n) is 13.1. The van der Waals surface area contributed by atoms with Crippen LogP contribution in [0.25, 0.3) is 0 Å². The van der Waals surface area contributed by atoms with E-state index in [9.17, 15) is 9.59 Å². The van der Waals surface area contributed by atoms with Gasteiger partial charge in [-0.05, 0) is 18.9 Å². The molecule has 1 aromatic heterocycles. The number of fused-ring (bicyclic) bond motifs is 1. The summed E-state index contributed by atoms with van der Waals surface area (Å²) in [5.41, 5.74) is 0.691. The highest BCUT2D eigenvalue weighted by molar-refractivity contribution is 5.94. The zero-order valence-corrected chi connectivity index (χ0v) is 13.1. The minimum Gasteiger partial charge on any atom is -0.377 e. The van der Waals surface area contributed by atoms with Gasteiger partial charge in [0.1, 0.15) is 0 Å². The molecule has 0 aromatic carbocycles. The van der Waals surface area contributed by atoms with Gasteiger partial charge in [0.05, 0.1) is 24.2 Å². The molecule has 3 heterocycles. The number of aromatic nitrogens is 1. The van der Waals surface area contributed by atoms with Crippen molar-refractivity contribution in [3.8, 4) is 0 Å². The van der Waals surface area contributed by atoms with Gasteiger partial charge in [0.2, 0.25) is 5.91 Å². The van der Waals surface area contributed by atoms with E-state index in [0.717, 1.165) is 19.4 Å². The first-order valence-electron chi connectivity index (χ1n) is 7.81. The van der Waals surface area contributed by atoms with Crippen LogP contribution >= 0.6 is 0 Å². The van der Waals surface area contributed by atoms with Crippen molar-refractivity contribution >= 4 is 11.8 Å². The van der Waals surface area contributed by atoms with E-state index in [0.29, 0.717) is 18.7 Å². The number of rotatable bonds is 2. The van der Waals surface area contributed by atoms with Gasteiger partial charge in [-0.1, -0.05) is 0 Å². The van der Waals surface area contributed by atoms with Crippen molar-refractivity contribution in [2.45, 2.75) is 18.9 Å². The summed E-state index contributed by atoms with van der Waals surface area (Å²) in [5.74, 6) is 0.339. The maximum Gasteiger partial charge on any atom is 0.255 e. The quantitative estimate of drug-likeness (QED) is 0.885. The third-order valence-electron chi connectivity index (χ3n) is 4.69. The van der Waals surface area contributed by atoms with Gasteiger partial charge in [-0.2, -0.15) is 0 Å². The Morgan fingerprint density at radius 2 is 2.23 bits per heavy atom. The predicted octanol–water partition coefficient (Wildman–Crippen LogP) is 0.970. The fourth-order valence-electron chi connectivity index (χ4n) is 3.49. The number of nitrogens with zero attached hydrogens (tertiary/aromatic N) is 2. The lowest BCUT2D eigenvalue weighted by molar-refractivity contribution is -0.145. The first-order valence-corrected chi connectivity index (χ1v) is 7.81. The molecule has 0 radical (unpaired) electrons. The highest BCUT2D eigenvalue weighted by Gasteiger charge is 2.39. The number of amides is 2. The third-order valence-corrected chi connectivity index (χ3v) is 4.69. The molecule has 6 heteroatoms. The van der Waals surface area contributed by atoms with Crippen LogP contribution in [0.3, 0.4) is 0 Å². The Hall–Kier alpha value is -1.82. The number of hydrogen-bond donors (Lipinski definition) is 1. The molecule has 0 spiro atoms. The Kier molecular flexibility index (Phi) is 4.20. The van der Waals surface area contributed by atoms with Gasteiger partial charge in [-0.15, -0.1) is 0 Å². The number of hydrogen-bond acceptors (Lipinski definition) is 3. The van der Waals surface area contributed by atoms with Gasteiger partial charge in [0.25, 0.3) is 5.91 Å². The van der Waals surface area contributed by atoms with Crippen LogP contribution < -0.4 is 0 Å². The normalized spacial score (nSPS) is 28.1. The summed E-state index contributed by atoms with van der Waals surface area (Å²) < 4.78 is 5.89. The molecule has 0 unspecified atom stereocenters. The van der Waals surface area contributed by atoms with Crippen LogP contribution in [0.1, 0.15) is 23.2 Å². The molecule has 3 atom stereocenters. The lowest BCUT2D eigenvalue weighted by Crippen LogP contribution is -2.51. The van der Waals surface area contributed by atoms with E-state index in [1.54, 1.807) is 37.5 Å². The molecule has 2 fully saturated rings. The lowest BCUT2D eigenvalue weighted by atomic mass is 9.83. The van der Waals surface area contributed by atoms with Gasteiger partial charge >= 0.3 is 0 Å². The van der Waals surface area contributed by atoms with Crippen molar-refractivity contribution in [1.29, 1.82) is 0 Å². The first-order chi connectivity index (χ1) is 10.6. The Bertz CT molecular complexity index is 541. The monoisotopic (exact) mass is 305 g/mol. The summed E-state index contributed by atoms with van der Waals surface area (Å²) >= 11 is 0. The molecule has 120 valence electrons. The van der Waals surface area contributed by atoms with Crippen LogP contribution in [0.4, 0.5) is 0 Å². The summed E-state index contributed by atoms with van der Waals surface area (Å²) in [5, 5.41) is 0. The van der Waals surface area contributed by atoms with E-state index in [1.165, 1.54) is 0 Å². The number of ether oxygens (including phenoxy) is 1. The second-order valence-electron chi connectivity index (χ2n) is 6.44. The number of nitrogens with one attached hydrogen (secondary N) is 1. The number of carbonyl (C=O) groups is 2. The van der Waals surface area contributed by atoms with Crippen LogP contribution in [0.2, 0.25) is 0 Å². The lowest BCUT2D eigenvalue weighted by Gasteiger charge is -2.43. The number of H-pyrrole nitrogens is 1. The maximum atomic E-state index is 12.4. The van der Waals surface area contributed by atoms with Crippen molar-refractivity contribution in [2.24, 2.45) is 11.8 Å². The number of piperidine rings is 1. The Morgan fingerprint density at radius 3 is 2.91 bits per heavy atom. The molecule has 1 N–H and O–H groups in total. The maximum absolute atomic E-state index is 12.4. The van der Waals surface area contributed by atoms with Gasteiger partial charge in [0, 0.05) is 45.5 Å². The van der Waals surface area contributed by atoms with Gasteiger partial charge < -0.3 is 19.5 Å². The van der Waals surface area contributed by atoms with Gasteiger partial charge in [-0.25, -0.2) is 0 Å². The van der Waals surface area contributed by atoms with Crippen LogP contribution in [-0.4, -0.2) is 66.5 Å². The highest BCUT2D eigenvalue weighted by Crippen LogP contribution is 2.32. The second kappa shape index (κ2) is 6.12. The summed E-state index contributed by atoms with van der Waals surface area (Å²) in [6.07, 6.45) is 5.32. The summed E-state index contributed by atoms with van der Waals surface area (Å²) in [6, 6.07) is 1.80. The average Bonchev–Trinajstić information content (AvgIpc) is 3.06. The van der Waals surface area contributed by atoms with Crippen molar-refractivity contribution in [3.63, 3.8) is 0 Å². The van der Waals surface area contributed by atoms with Crippen molar-refractivity contribution in [1.82, 2.24) is 14.8 Å². The minimum atomic E-state index is -0.0847. The van der Waals surface area contributed by atoms with Crippen molar-refractivity contribution in [2.75, 3.05) is 33.8 Å². The fraction of sp³-hybridized carbons (Fsp3) is 0.625. The molecule has 0 saturated carbocycles. The molecule has 3 rings (SSSR count). The first kappa shape index (κ1) is 15.1. The van der Waals surface area contributed by atoms with Crippen LogP contribution in [-0.2, 0) is 9.53 Å². The molecule has 2 saturated heterocycles. The fourth-order valence-corrected chi connectivity index (χ4v) is 3.49. The van der Waals surface area contributed by atoms with E-state index < -0.39 is 0 Å². The van der Waals surface area contributed by atoms with E-state index in [2.05, 4.69) is 4.98 Å². The van der Waals surface area contributed by atoms with E-state index >= 15 is 0 Å². The Balaban J connectivity index is 1.65. The summed E-state index contributed by atoms with van der Waals surface area (Å²) in [4.78, 5) is 31.0. The molecule has 1 aromatic rings. The highest BCUT2D eigenvalue weighted by atomic mass is 16.5. The number of carbonyl (C=O) groups excluding carboxylic acids is 2. The largest absolute Gasteiger partial charge is 0.377 e. The molecule has 0 aliphatic carbocycles. The molecule has 6 nitrogen and oxygen atoms in total. The van der Waals surface area contributed by atoms with E-state index in [4.69, 9.17) is 4.74 Å². The second-order valence-corrected chi connectivity index (χ2v) is 6.44. The molecular weight excluding hydrogens is 282 g/mol. The van der Waals surface area contributed by atoms with Crippen molar-refractivity contribution < 1.29 is 14.3 Å². The zero-order chi connectivity index (χ0) is 15.7. The third kappa shape index (κ3) is 2.88. The minimum absolute atomic E-state index is 0.0563. The van der Waals surface area contributed by atoms with E-state index in [-0.39, 0.29) is 29.8 Å². The summed E-state index contributed by atoms with van der Waals surface area (Å²) in [6.45, 7) is 1.90. The summed E-state index contributed by atoms with van der Waals surface area (Å²) in [7, 11) is 3.55. The number of likely N-dealkylation sites (tertiary alicyclic amines) is 1. The Morgan fingerprint density at radius 1 is 1.41 bits per heavy atom. The molecule has 2 amide bonds. The van der Waals surface area contributed by atoms with E-state index in [1.807, 2.05) is 4.90 Å². The molecule has 2 aliphatic heterocycles. The van der Waals surface area contributed by atoms with Crippen molar-refractivity contribution in [3.05, 3.63) is 24.0 Å². The van der Waals surface area contributed by atoms with Gasteiger partial charge in [-0.3, -0.25) is 9.59 Å². The van der Waals surface area contributed by atoms with Crippen LogP contribution in [0.15, 0.2) is 18.5 Å². The SMILES string of the molecule is CN(C)C(=O)[C@@H]1CO[C@@H]2CCN(C(=O)c3cc[nH]c3)C[C@@H]2C1. The Labute approximate surface area is 130 Å². The smallest absolute Gasteiger partial charge is 0.255 e. The molecule has 22 heavy (non-hydrogen) atoms. The predicted molar refractivity (Wildman–Crippen MR) is 81.3 cm³/mol. The molecular formula is C16H23N3O3. The number of aromatic amines is 1. The average molecular weight is 305 g/mol. The van der Waals surface area contributed by atoms with Crippen LogP contribution in [0.5, 0.6) is 0 Å². The molecule has 2 aliphatic rings.